The van der Waals surface area contributed by atoms with Crippen molar-refractivity contribution in [3.8, 4) is 0 Å². The van der Waals surface area contributed by atoms with E-state index in [1.807, 2.05) is 6.92 Å². The Labute approximate surface area is 96.3 Å². The molecule has 2 atom stereocenters. The molecule has 0 saturated carbocycles. The van der Waals surface area contributed by atoms with E-state index in [2.05, 4.69) is 6.58 Å². The van der Waals surface area contributed by atoms with Crippen LogP contribution in [-0.2, 0) is 14.3 Å². The summed E-state index contributed by atoms with van der Waals surface area (Å²) in [5.74, 6) is -0.610. The molecule has 1 fully saturated rings. The Morgan fingerprint density at radius 1 is 1.69 bits per heavy atom. The molecule has 1 aliphatic rings. The minimum absolute atomic E-state index is 0.0568. The molecule has 0 spiro atoms. The lowest BCUT2D eigenvalue weighted by atomic mass is 9.79. The third-order valence-electron chi connectivity index (χ3n) is 3.27. The minimum atomic E-state index is -0.244. The quantitative estimate of drug-likeness (QED) is 0.536. The van der Waals surface area contributed by atoms with Crippen molar-refractivity contribution in [2.45, 2.75) is 19.8 Å². The highest BCUT2D eigenvalue weighted by atomic mass is 16.5. The van der Waals surface area contributed by atoms with Crippen molar-refractivity contribution in [3.05, 3.63) is 12.2 Å². The molecular formula is C12H19NO3. The molecular weight excluding hydrogens is 206 g/mol. The molecule has 90 valence electrons. The Kier molecular flexibility index (Phi) is 4.10. The molecule has 0 aliphatic carbocycles. The van der Waals surface area contributed by atoms with Crippen molar-refractivity contribution < 1.29 is 14.3 Å². The average Bonchev–Trinajstić information content (AvgIpc) is 2.29. The second kappa shape index (κ2) is 5.14. The molecule has 1 saturated heterocycles. The lowest BCUT2D eigenvalue weighted by molar-refractivity contribution is -0.147. The summed E-state index contributed by atoms with van der Waals surface area (Å²) in [4.78, 5) is 25.0. The molecule has 1 aliphatic heterocycles. The van der Waals surface area contributed by atoms with Crippen LogP contribution in [-0.4, -0.2) is 37.5 Å². The zero-order valence-corrected chi connectivity index (χ0v) is 10.2. The highest BCUT2D eigenvalue weighted by Gasteiger charge is 2.36. The predicted molar refractivity (Wildman–Crippen MR) is 60.7 cm³/mol. The highest BCUT2D eigenvalue weighted by molar-refractivity contribution is 5.94. The van der Waals surface area contributed by atoms with Gasteiger partial charge in [-0.1, -0.05) is 13.5 Å². The normalized spacial score (nSPS) is 23.2. The van der Waals surface area contributed by atoms with Gasteiger partial charge in [-0.2, -0.15) is 0 Å². The van der Waals surface area contributed by atoms with Crippen LogP contribution in [0.15, 0.2) is 12.2 Å². The molecule has 16 heavy (non-hydrogen) atoms. The molecule has 0 N–H and O–H groups in total. The summed E-state index contributed by atoms with van der Waals surface area (Å²) in [7, 11) is 3.13. The lowest BCUT2D eigenvalue weighted by Gasteiger charge is -2.34. The van der Waals surface area contributed by atoms with E-state index < -0.39 is 0 Å². The fraction of sp³-hybridized carbons (Fsp3) is 0.667. The van der Waals surface area contributed by atoms with E-state index >= 15 is 0 Å². The van der Waals surface area contributed by atoms with E-state index in [0.29, 0.717) is 18.5 Å². The Morgan fingerprint density at radius 2 is 2.31 bits per heavy atom. The summed E-state index contributed by atoms with van der Waals surface area (Å²) in [5.41, 5.74) is 0.533. The van der Waals surface area contributed by atoms with Crippen LogP contribution in [0.1, 0.15) is 19.8 Å². The van der Waals surface area contributed by atoms with Crippen LogP contribution in [0.3, 0.4) is 0 Å². The number of likely N-dealkylation sites (N-methyl/N-ethyl adjacent to an activating group) is 1. The van der Waals surface area contributed by atoms with E-state index in [1.54, 1.807) is 11.9 Å². The van der Waals surface area contributed by atoms with Gasteiger partial charge in [-0.3, -0.25) is 9.59 Å². The van der Waals surface area contributed by atoms with Gasteiger partial charge in [0.2, 0.25) is 5.91 Å². The first-order valence-electron chi connectivity index (χ1n) is 5.55. The molecule has 0 radical (unpaired) electrons. The Bertz CT molecular complexity index is 311. The molecule has 0 unspecified atom stereocenters. The van der Waals surface area contributed by atoms with Crippen molar-refractivity contribution in [1.29, 1.82) is 0 Å². The number of nitrogens with zero attached hydrogens (tertiary/aromatic N) is 1. The zero-order chi connectivity index (χ0) is 12.3. The predicted octanol–water partition coefficient (Wildman–Crippen LogP) is 1.22. The second-order valence-corrected chi connectivity index (χ2v) is 4.19. The maximum absolute atomic E-state index is 11.7. The number of carbonyl (C=O) groups is 2. The van der Waals surface area contributed by atoms with Crippen molar-refractivity contribution >= 4 is 11.9 Å². The van der Waals surface area contributed by atoms with Gasteiger partial charge >= 0.3 is 5.97 Å². The zero-order valence-electron chi connectivity index (χ0n) is 10.2. The third-order valence-corrected chi connectivity index (χ3v) is 3.27. The van der Waals surface area contributed by atoms with Gasteiger partial charge in [0.25, 0.3) is 0 Å². The molecule has 0 bridgehead atoms. The lowest BCUT2D eigenvalue weighted by Crippen LogP contribution is -2.41. The van der Waals surface area contributed by atoms with Gasteiger partial charge in [-0.15, -0.1) is 0 Å². The fourth-order valence-electron chi connectivity index (χ4n) is 2.22. The van der Waals surface area contributed by atoms with Gasteiger partial charge in [0.15, 0.2) is 0 Å². The number of methoxy groups -OCH3 is 1. The first kappa shape index (κ1) is 12.7. The van der Waals surface area contributed by atoms with Crippen LogP contribution in [0.2, 0.25) is 0 Å². The second-order valence-electron chi connectivity index (χ2n) is 4.19. The van der Waals surface area contributed by atoms with Gasteiger partial charge in [0, 0.05) is 25.1 Å². The molecule has 0 aromatic carbocycles. The molecule has 4 heteroatoms. The molecule has 1 heterocycles. The van der Waals surface area contributed by atoms with E-state index in [9.17, 15) is 9.59 Å². The van der Waals surface area contributed by atoms with Gasteiger partial charge in [-0.25, -0.2) is 0 Å². The van der Waals surface area contributed by atoms with Crippen molar-refractivity contribution in [3.63, 3.8) is 0 Å². The topological polar surface area (TPSA) is 46.6 Å². The minimum Gasteiger partial charge on any atom is -0.469 e. The Morgan fingerprint density at radius 3 is 2.81 bits per heavy atom. The number of piperidine rings is 1. The van der Waals surface area contributed by atoms with Crippen LogP contribution < -0.4 is 0 Å². The number of amides is 1. The monoisotopic (exact) mass is 225 g/mol. The molecule has 0 aromatic heterocycles. The largest absolute Gasteiger partial charge is 0.469 e. The molecule has 1 rings (SSSR count). The van der Waals surface area contributed by atoms with Crippen LogP contribution >= 0.6 is 0 Å². The molecule has 4 nitrogen and oxygen atoms in total. The summed E-state index contributed by atoms with van der Waals surface area (Å²) in [5, 5.41) is 0. The summed E-state index contributed by atoms with van der Waals surface area (Å²) < 4.78 is 4.76. The van der Waals surface area contributed by atoms with Gasteiger partial charge in [0.1, 0.15) is 0 Å². The average molecular weight is 225 g/mol. The van der Waals surface area contributed by atoms with E-state index in [0.717, 1.165) is 6.42 Å². The fourth-order valence-corrected chi connectivity index (χ4v) is 2.22. The number of rotatable bonds is 3. The number of hydrogen-bond acceptors (Lipinski definition) is 3. The first-order chi connectivity index (χ1) is 7.52. The first-order valence-corrected chi connectivity index (χ1v) is 5.55. The summed E-state index contributed by atoms with van der Waals surface area (Å²) in [6.07, 6.45) is 1.46. The van der Waals surface area contributed by atoms with Crippen molar-refractivity contribution in [1.82, 2.24) is 4.90 Å². The number of carbonyl (C=O) groups excluding carboxylic acids is 2. The van der Waals surface area contributed by atoms with Crippen molar-refractivity contribution in [2.24, 2.45) is 11.8 Å². The summed E-state index contributed by atoms with van der Waals surface area (Å²) in [6.45, 7) is 6.42. The van der Waals surface area contributed by atoms with Crippen LogP contribution in [0.5, 0.6) is 0 Å². The van der Waals surface area contributed by atoms with Gasteiger partial charge < -0.3 is 9.64 Å². The smallest absolute Gasteiger partial charge is 0.309 e. The standard InChI is InChI=1S/C12H19NO3/c1-5-9(12(15)16-4)10-6-7-13(3)11(14)8(10)2/h9-10H,2,5-7H2,1,3-4H3/t9-,10-/m0/s1. The number of esters is 1. The third kappa shape index (κ3) is 2.26. The van der Waals surface area contributed by atoms with Crippen molar-refractivity contribution in [2.75, 3.05) is 20.7 Å². The van der Waals surface area contributed by atoms with Crippen LogP contribution in [0.4, 0.5) is 0 Å². The van der Waals surface area contributed by atoms with E-state index in [1.165, 1.54) is 7.11 Å². The number of ether oxygens (including phenoxy) is 1. The van der Waals surface area contributed by atoms with Crippen LogP contribution in [0.25, 0.3) is 0 Å². The Balaban J connectivity index is 2.83. The maximum Gasteiger partial charge on any atom is 0.309 e. The highest BCUT2D eigenvalue weighted by Crippen LogP contribution is 2.31. The SMILES string of the molecule is C=C1C(=O)N(C)CC[C@@H]1[C@H](CC)C(=O)OC. The van der Waals surface area contributed by atoms with E-state index in [4.69, 9.17) is 4.74 Å². The Hall–Kier alpha value is -1.32. The maximum atomic E-state index is 11.7. The van der Waals surface area contributed by atoms with Crippen LogP contribution in [0, 0.1) is 11.8 Å². The summed E-state index contributed by atoms with van der Waals surface area (Å²) >= 11 is 0. The van der Waals surface area contributed by atoms with E-state index in [-0.39, 0.29) is 23.7 Å². The number of likely N-dealkylation sites (tertiary alicyclic amines) is 1. The van der Waals surface area contributed by atoms with Gasteiger partial charge in [0.05, 0.1) is 13.0 Å². The summed E-state index contributed by atoms with van der Waals surface area (Å²) in [6, 6.07) is 0. The molecule has 0 aromatic rings. The number of hydrogen-bond donors (Lipinski definition) is 0. The molecule has 1 amide bonds. The van der Waals surface area contributed by atoms with Gasteiger partial charge in [-0.05, 0) is 12.8 Å².